The number of aromatic nitrogens is 3. The van der Waals surface area contributed by atoms with Crippen LogP contribution >= 0.6 is 0 Å². The third kappa shape index (κ3) is 4.02. The second-order valence-corrected chi connectivity index (χ2v) is 7.43. The predicted molar refractivity (Wildman–Crippen MR) is 108 cm³/mol. The lowest BCUT2D eigenvalue weighted by Crippen LogP contribution is -2.34. The molecule has 28 heavy (non-hydrogen) atoms. The molecule has 0 radical (unpaired) electrons. The van der Waals surface area contributed by atoms with E-state index in [9.17, 15) is 4.79 Å². The third-order valence-corrected chi connectivity index (χ3v) is 5.44. The molecule has 0 amide bonds. The van der Waals surface area contributed by atoms with E-state index in [4.69, 9.17) is 4.74 Å². The Morgan fingerprint density at radius 3 is 2.64 bits per heavy atom. The number of rotatable bonds is 5. The Morgan fingerprint density at radius 1 is 1.07 bits per heavy atom. The van der Waals surface area contributed by atoms with E-state index in [1.165, 1.54) is 0 Å². The summed E-state index contributed by atoms with van der Waals surface area (Å²) < 4.78 is 5.26. The zero-order chi connectivity index (χ0) is 19.5. The molecule has 0 unspecified atom stereocenters. The summed E-state index contributed by atoms with van der Waals surface area (Å²) in [6.45, 7) is 1.98. The first-order valence-corrected chi connectivity index (χ1v) is 9.58. The van der Waals surface area contributed by atoms with Gasteiger partial charge < -0.3 is 9.64 Å². The Bertz CT molecular complexity index is 997. The van der Waals surface area contributed by atoms with Gasteiger partial charge in [-0.2, -0.15) is 0 Å². The quantitative estimate of drug-likeness (QED) is 0.681. The molecule has 1 saturated heterocycles. The van der Waals surface area contributed by atoms with Crippen molar-refractivity contribution < 1.29 is 9.53 Å². The van der Waals surface area contributed by atoms with Crippen LogP contribution in [-0.2, 0) is 11.2 Å². The number of fused-ring (bicyclic) bond motifs is 1. The summed E-state index contributed by atoms with van der Waals surface area (Å²) in [6, 6.07) is 5.97. The van der Waals surface area contributed by atoms with E-state index in [2.05, 4.69) is 33.0 Å². The minimum Gasteiger partial charge on any atom is -0.495 e. The van der Waals surface area contributed by atoms with Crippen molar-refractivity contribution in [3.8, 4) is 16.9 Å². The van der Waals surface area contributed by atoms with Crippen molar-refractivity contribution in [2.45, 2.75) is 19.3 Å². The smallest absolute Gasteiger partial charge is 0.142 e. The third-order valence-electron chi connectivity index (χ3n) is 5.44. The maximum absolute atomic E-state index is 12.7. The van der Waals surface area contributed by atoms with Crippen LogP contribution in [0, 0.1) is 5.92 Å². The lowest BCUT2D eigenvalue weighted by Gasteiger charge is -2.27. The van der Waals surface area contributed by atoms with Crippen molar-refractivity contribution in [2.75, 3.05) is 27.2 Å². The number of hydrogen-bond donors (Lipinski definition) is 0. The van der Waals surface area contributed by atoms with Gasteiger partial charge in [0.1, 0.15) is 11.5 Å². The zero-order valence-electron chi connectivity index (χ0n) is 16.3. The molecule has 0 aromatic carbocycles. The van der Waals surface area contributed by atoms with Crippen LogP contribution in [0.3, 0.4) is 0 Å². The van der Waals surface area contributed by atoms with Gasteiger partial charge in [0.05, 0.1) is 25.0 Å². The van der Waals surface area contributed by atoms with E-state index in [0.717, 1.165) is 53.7 Å². The molecule has 0 atom stereocenters. The van der Waals surface area contributed by atoms with Crippen LogP contribution in [0.1, 0.15) is 18.5 Å². The van der Waals surface area contributed by atoms with Crippen LogP contribution in [0.2, 0.25) is 0 Å². The Hall–Kier alpha value is -2.86. The molecule has 0 bridgehead atoms. The molecule has 6 heteroatoms. The number of ether oxygens (including phenoxy) is 1. The highest BCUT2D eigenvalue weighted by Gasteiger charge is 2.23. The summed E-state index contributed by atoms with van der Waals surface area (Å²) in [5.41, 5.74) is 3.52. The molecule has 0 aliphatic carbocycles. The van der Waals surface area contributed by atoms with E-state index < -0.39 is 0 Å². The fourth-order valence-electron chi connectivity index (χ4n) is 3.67. The van der Waals surface area contributed by atoms with Crippen molar-refractivity contribution >= 4 is 16.7 Å². The largest absolute Gasteiger partial charge is 0.495 e. The minimum absolute atomic E-state index is 0.154. The van der Waals surface area contributed by atoms with Crippen LogP contribution in [0.25, 0.3) is 22.0 Å². The summed E-state index contributed by atoms with van der Waals surface area (Å²) in [5.74, 6) is 1.15. The molecule has 4 rings (SSSR count). The first-order chi connectivity index (χ1) is 13.6. The Kier molecular flexibility index (Phi) is 5.30. The maximum Gasteiger partial charge on any atom is 0.142 e. The topological polar surface area (TPSA) is 68.2 Å². The maximum atomic E-state index is 12.7. The molecular weight excluding hydrogens is 352 g/mol. The van der Waals surface area contributed by atoms with Gasteiger partial charge >= 0.3 is 0 Å². The highest BCUT2D eigenvalue weighted by molar-refractivity contribution is 5.86. The fourth-order valence-corrected chi connectivity index (χ4v) is 3.67. The van der Waals surface area contributed by atoms with Crippen LogP contribution in [-0.4, -0.2) is 52.9 Å². The number of carbonyl (C=O) groups is 1. The van der Waals surface area contributed by atoms with Gasteiger partial charge in [-0.3, -0.25) is 19.7 Å². The number of pyridine rings is 3. The monoisotopic (exact) mass is 376 g/mol. The van der Waals surface area contributed by atoms with Gasteiger partial charge in [-0.25, -0.2) is 0 Å². The number of ketones is 1. The second kappa shape index (κ2) is 8.02. The average Bonchev–Trinajstić information content (AvgIpc) is 2.73. The van der Waals surface area contributed by atoms with Gasteiger partial charge in [0.2, 0.25) is 0 Å². The van der Waals surface area contributed by atoms with E-state index in [-0.39, 0.29) is 5.92 Å². The van der Waals surface area contributed by atoms with Gasteiger partial charge in [-0.05, 0) is 51.2 Å². The average molecular weight is 376 g/mol. The summed E-state index contributed by atoms with van der Waals surface area (Å²) in [7, 11) is 3.73. The Labute approximate surface area is 164 Å². The highest BCUT2D eigenvalue weighted by Crippen LogP contribution is 2.25. The molecule has 3 aromatic rings. The number of nitrogens with zero attached hydrogens (tertiary/aromatic N) is 4. The summed E-state index contributed by atoms with van der Waals surface area (Å²) in [6.07, 6.45) is 9.29. The molecule has 0 N–H and O–H groups in total. The molecule has 0 spiro atoms. The normalized spacial score (nSPS) is 15.6. The molecular formula is C22H24N4O2. The van der Waals surface area contributed by atoms with Crippen molar-refractivity contribution in [1.82, 2.24) is 19.9 Å². The molecule has 1 aliphatic heterocycles. The zero-order valence-corrected chi connectivity index (χ0v) is 16.3. The molecule has 1 aliphatic rings. The van der Waals surface area contributed by atoms with Crippen molar-refractivity contribution in [1.29, 1.82) is 0 Å². The number of piperidine rings is 1. The molecule has 4 heterocycles. The summed E-state index contributed by atoms with van der Waals surface area (Å²) >= 11 is 0. The second-order valence-electron chi connectivity index (χ2n) is 7.43. The van der Waals surface area contributed by atoms with E-state index in [1.807, 2.05) is 18.3 Å². The molecule has 1 fully saturated rings. The standard InChI is InChI=1S/C22H24N4O2/c1-26-5-3-15(4-6-26)22(27)10-19-8-16-7-17(12-25-21(16)14-24-19)18-9-20(28-2)13-23-11-18/h7-9,11-15H,3-6,10H2,1-2H3. The molecule has 144 valence electrons. The summed E-state index contributed by atoms with van der Waals surface area (Å²) in [4.78, 5) is 28.1. The molecule has 0 saturated carbocycles. The number of methoxy groups -OCH3 is 1. The van der Waals surface area contributed by atoms with Gasteiger partial charge in [0.15, 0.2) is 0 Å². The predicted octanol–water partition coefficient (Wildman–Crippen LogP) is 3.15. The van der Waals surface area contributed by atoms with Gasteiger partial charge in [0, 0.05) is 46.9 Å². The lowest BCUT2D eigenvalue weighted by molar-refractivity contribution is -0.123. The fraction of sp³-hybridized carbons (Fsp3) is 0.364. The van der Waals surface area contributed by atoms with Gasteiger partial charge in [-0.15, -0.1) is 0 Å². The van der Waals surface area contributed by atoms with Crippen LogP contribution in [0.15, 0.2) is 43.0 Å². The number of carbonyl (C=O) groups excluding carboxylic acids is 1. The number of hydrogen-bond acceptors (Lipinski definition) is 6. The van der Waals surface area contributed by atoms with Crippen molar-refractivity contribution in [2.24, 2.45) is 5.92 Å². The molecule has 6 nitrogen and oxygen atoms in total. The highest BCUT2D eigenvalue weighted by atomic mass is 16.5. The van der Waals surface area contributed by atoms with E-state index >= 15 is 0 Å². The van der Waals surface area contributed by atoms with Crippen molar-refractivity contribution in [3.05, 3.63) is 48.7 Å². The SMILES string of the molecule is COc1cncc(-c2cnc3cnc(CC(=O)C4CCN(C)CC4)cc3c2)c1. The van der Waals surface area contributed by atoms with Crippen LogP contribution in [0.4, 0.5) is 0 Å². The molecule has 3 aromatic heterocycles. The van der Waals surface area contributed by atoms with Gasteiger partial charge in [0.25, 0.3) is 0 Å². The van der Waals surface area contributed by atoms with E-state index in [0.29, 0.717) is 18.0 Å². The first kappa shape index (κ1) is 18.5. The Balaban J connectivity index is 1.56. The number of Topliss-reactive ketones (excluding diaryl/α,β-unsaturated/α-hetero) is 1. The van der Waals surface area contributed by atoms with Crippen LogP contribution < -0.4 is 4.74 Å². The number of likely N-dealkylation sites (tertiary alicyclic amines) is 1. The van der Waals surface area contributed by atoms with E-state index in [1.54, 1.807) is 25.7 Å². The lowest BCUT2D eigenvalue weighted by atomic mass is 9.90. The minimum atomic E-state index is 0.154. The summed E-state index contributed by atoms with van der Waals surface area (Å²) in [5, 5.41) is 0.974. The Morgan fingerprint density at radius 2 is 1.86 bits per heavy atom. The van der Waals surface area contributed by atoms with Crippen LogP contribution in [0.5, 0.6) is 5.75 Å². The van der Waals surface area contributed by atoms with Gasteiger partial charge in [-0.1, -0.05) is 0 Å². The van der Waals surface area contributed by atoms with Crippen molar-refractivity contribution in [3.63, 3.8) is 0 Å². The first-order valence-electron chi connectivity index (χ1n) is 9.58.